The van der Waals surface area contributed by atoms with Gasteiger partial charge < -0.3 is 4.74 Å². The molecule has 3 nitrogen and oxygen atoms in total. The molecule has 0 aromatic heterocycles. The molecule has 3 atom stereocenters. The van der Waals surface area contributed by atoms with E-state index in [-0.39, 0.29) is 17.6 Å². The number of esters is 1. The normalized spacial score (nSPS) is 47.3. The molecule has 4 aliphatic carbocycles. The van der Waals surface area contributed by atoms with E-state index in [1.54, 1.807) is 0 Å². The molecule has 20 heavy (non-hydrogen) atoms. The van der Waals surface area contributed by atoms with Crippen LogP contribution >= 0.6 is 0 Å². The van der Waals surface area contributed by atoms with Crippen LogP contribution in [0.25, 0.3) is 0 Å². The lowest BCUT2D eigenvalue weighted by atomic mass is 9.42. The summed E-state index contributed by atoms with van der Waals surface area (Å²) in [6, 6.07) is -0.182. The molecule has 3 heteroatoms. The maximum Gasteiger partial charge on any atom is 0.322 e. The number of carbonyl (C=O) groups is 1. The van der Waals surface area contributed by atoms with Gasteiger partial charge in [0.15, 0.2) is 0 Å². The fourth-order valence-electron chi connectivity index (χ4n) is 6.39. The predicted octanol–water partition coefficient (Wildman–Crippen LogP) is 3.28. The van der Waals surface area contributed by atoms with E-state index in [0.717, 1.165) is 5.92 Å². The number of carbonyl (C=O) groups excluding carboxylic acids is 1. The molecule has 0 aromatic carbocycles. The molecule has 0 spiro atoms. The maximum atomic E-state index is 11.9. The number of hydrogen-bond acceptors (Lipinski definition) is 3. The van der Waals surface area contributed by atoms with E-state index in [1.165, 1.54) is 38.5 Å². The first-order chi connectivity index (χ1) is 9.27. The van der Waals surface area contributed by atoms with Gasteiger partial charge >= 0.3 is 5.97 Å². The van der Waals surface area contributed by atoms with E-state index >= 15 is 0 Å². The Morgan fingerprint density at radius 3 is 2.30 bits per heavy atom. The van der Waals surface area contributed by atoms with Gasteiger partial charge in [0.2, 0.25) is 0 Å². The van der Waals surface area contributed by atoms with Gasteiger partial charge in [0.1, 0.15) is 6.04 Å². The molecule has 4 saturated carbocycles. The van der Waals surface area contributed by atoms with Crippen molar-refractivity contribution in [1.29, 1.82) is 0 Å². The van der Waals surface area contributed by atoms with E-state index in [9.17, 15) is 4.79 Å². The third kappa shape index (κ3) is 2.38. The topological polar surface area (TPSA) is 38.3 Å². The molecule has 4 rings (SSSR count). The first kappa shape index (κ1) is 14.4. The van der Waals surface area contributed by atoms with Crippen molar-refractivity contribution in [3.05, 3.63) is 0 Å². The second-order valence-electron chi connectivity index (χ2n) is 8.53. The van der Waals surface area contributed by atoms with Crippen molar-refractivity contribution in [2.45, 2.75) is 77.8 Å². The van der Waals surface area contributed by atoms with Crippen LogP contribution in [0.2, 0.25) is 0 Å². The predicted molar refractivity (Wildman–Crippen MR) is 79.4 cm³/mol. The SMILES string of the molecule is CCOC(=O)C(C)NC12CC3CC(C)(CC(C)(C3)C1)C2. The molecular weight excluding hydrogens is 250 g/mol. The van der Waals surface area contributed by atoms with Gasteiger partial charge in [-0.3, -0.25) is 10.1 Å². The minimum Gasteiger partial charge on any atom is -0.465 e. The molecule has 0 heterocycles. The van der Waals surface area contributed by atoms with Crippen LogP contribution in [0, 0.1) is 16.7 Å². The Bertz CT molecular complexity index is 401. The summed E-state index contributed by atoms with van der Waals surface area (Å²) in [7, 11) is 0. The summed E-state index contributed by atoms with van der Waals surface area (Å²) in [4.78, 5) is 11.9. The van der Waals surface area contributed by atoms with Crippen LogP contribution in [-0.4, -0.2) is 24.2 Å². The Balaban J connectivity index is 1.77. The first-order valence-electron chi connectivity index (χ1n) is 8.22. The van der Waals surface area contributed by atoms with Gasteiger partial charge in [0, 0.05) is 5.54 Å². The summed E-state index contributed by atoms with van der Waals surface area (Å²) in [6.45, 7) is 9.22. The van der Waals surface area contributed by atoms with Gasteiger partial charge in [-0.25, -0.2) is 0 Å². The van der Waals surface area contributed by atoms with Crippen molar-refractivity contribution in [1.82, 2.24) is 5.32 Å². The standard InChI is InChI=1S/C17H29NO2/c1-5-20-14(19)12(2)18-17-8-13-6-15(3,10-17)9-16(4,7-13)11-17/h12-13,18H,5-11H2,1-4H3. The molecular formula is C17H29NO2. The van der Waals surface area contributed by atoms with Crippen LogP contribution in [-0.2, 0) is 9.53 Å². The van der Waals surface area contributed by atoms with Crippen molar-refractivity contribution < 1.29 is 9.53 Å². The highest BCUT2D eigenvalue weighted by molar-refractivity contribution is 5.75. The molecule has 0 aliphatic heterocycles. The quantitative estimate of drug-likeness (QED) is 0.803. The zero-order valence-corrected chi connectivity index (χ0v) is 13.4. The highest BCUT2D eigenvalue weighted by atomic mass is 16.5. The van der Waals surface area contributed by atoms with Crippen LogP contribution in [0.1, 0.15) is 66.2 Å². The van der Waals surface area contributed by atoms with Crippen LogP contribution in [0.4, 0.5) is 0 Å². The molecule has 4 fully saturated rings. The summed E-state index contributed by atoms with van der Waals surface area (Å²) in [5.74, 6) is 0.752. The molecule has 0 radical (unpaired) electrons. The molecule has 0 saturated heterocycles. The lowest BCUT2D eigenvalue weighted by molar-refractivity contribution is -0.151. The van der Waals surface area contributed by atoms with Crippen LogP contribution in [0.5, 0.6) is 0 Å². The monoisotopic (exact) mass is 279 g/mol. The fraction of sp³-hybridized carbons (Fsp3) is 0.941. The molecule has 3 unspecified atom stereocenters. The number of hydrogen-bond donors (Lipinski definition) is 1. The average molecular weight is 279 g/mol. The van der Waals surface area contributed by atoms with Crippen LogP contribution in [0.3, 0.4) is 0 Å². The lowest BCUT2D eigenvalue weighted by Gasteiger charge is -2.66. The van der Waals surface area contributed by atoms with E-state index < -0.39 is 0 Å². The van der Waals surface area contributed by atoms with Crippen LogP contribution < -0.4 is 5.32 Å². The Morgan fingerprint density at radius 1 is 1.20 bits per heavy atom. The number of rotatable bonds is 4. The van der Waals surface area contributed by atoms with E-state index in [2.05, 4.69) is 19.2 Å². The zero-order chi connectivity index (χ0) is 14.6. The molecule has 1 N–H and O–H groups in total. The maximum absolute atomic E-state index is 11.9. The Kier molecular flexibility index (Phi) is 3.20. The second kappa shape index (κ2) is 4.46. The smallest absolute Gasteiger partial charge is 0.322 e. The lowest BCUT2D eigenvalue weighted by Crippen LogP contribution is -2.66. The van der Waals surface area contributed by atoms with Crippen molar-refractivity contribution in [2.75, 3.05) is 6.61 Å². The summed E-state index contributed by atoms with van der Waals surface area (Å²) < 4.78 is 5.17. The highest BCUT2D eigenvalue weighted by Gasteiger charge is 2.60. The van der Waals surface area contributed by atoms with Gasteiger partial charge in [-0.05, 0) is 69.1 Å². The minimum absolute atomic E-state index is 0.0986. The third-order valence-electron chi connectivity index (χ3n) is 5.79. The summed E-state index contributed by atoms with van der Waals surface area (Å²) >= 11 is 0. The van der Waals surface area contributed by atoms with Crippen molar-refractivity contribution in [2.24, 2.45) is 16.7 Å². The fourth-order valence-corrected chi connectivity index (χ4v) is 6.39. The van der Waals surface area contributed by atoms with Crippen molar-refractivity contribution in [3.8, 4) is 0 Å². The molecule has 4 bridgehead atoms. The highest BCUT2D eigenvalue weighted by Crippen LogP contribution is 2.66. The Morgan fingerprint density at radius 2 is 1.80 bits per heavy atom. The Hall–Kier alpha value is -0.570. The summed E-state index contributed by atoms with van der Waals surface area (Å²) in [6.07, 6.45) is 7.86. The molecule has 114 valence electrons. The largest absolute Gasteiger partial charge is 0.465 e. The van der Waals surface area contributed by atoms with Crippen molar-refractivity contribution in [3.63, 3.8) is 0 Å². The summed E-state index contributed by atoms with van der Waals surface area (Å²) in [5.41, 5.74) is 1.14. The average Bonchev–Trinajstić information content (AvgIpc) is 2.23. The summed E-state index contributed by atoms with van der Waals surface area (Å²) in [5, 5.41) is 3.68. The van der Waals surface area contributed by atoms with E-state index in [1.807, 2.05) is 13.8 Å². The number of ether oxygens (including phenoxy) is 1. The van der Waals surface area contributed by atoms with Gasteiger partial charge in [-0.1, -0.05) is 13.8 Å². The van der Waals surface area contributed by atoms with Crippen molar-refractivity contribution >= 4 is 5.97 Å². The second-order valence-corrected chi connectivity index (χ2v) is 8.53. The molecule has 0 aromatic rings. The zero-order valence-electron chi connectivity index (χ0n) is 13.4. The third-order valence-corrected chi connectivity index (χ3v) is 5.79. The van der Waals surface area contributed by atoms with Crippen LogP contribution in [0.15, 0.2) is 0 Å². The van der Waals surface area contributed by atoms with Gasteiger partial charge in [-0.15, -0.1) is 0 Å². The molecule has 4 aliphatic rings. The van der Waals surface area contributed by atoms with E-state index in [4.69, 9.17) is 4.74 Å². The number of nitrogens with one attached hydrogen (secondary N) is 1. The van der Waals surface area contributed by atoms with Gasteiger partial charge in [0.25, 0.3) is 0 Å². The van der Waals surface area contributed by atoms with Gasteiger partial charge in [0.05, 0.1) is 6.61 Å². The Labute approximate surface area is 122 Å². The van der Waals surface area contributed by atoms with E-state index in [0.29, 0.717) is 17.4 Å². The minimum atomic E-state index is -0.182. The van der Waals surface area contributed by atoms with Gasteiger partial charge in [-0.2, -0.15) is 0 Å². The molecule has 0 amide bonds. The first-order valence-corrected chi connectivity index (χ1v) is 8.22.